The summed E-state index contributed by atoms with van der Waals surface area (Å²) >= 11 is 5.87. The Morgan fingerprint density at radius 3 is 2.76 bits per heavy atom. The Morgan fingerprint density at radius 1 is 1.17 bits per heavy atom. The second-order valence-corrected chi connectivity index (χ2v) is 7.34. The van der Waals surface area contributed by atoms with Gasteiger partial charge in [0.05, 0.1) is 6.04 Å². The predicted molar refractivity (Wildman–Crippen MR) is 105 cm³/mol. The number of carboxylic acid groups (broad SMARTS) is 1. The number of aromatic amines is 1. The summed E-state index contributed by atoms with van der Waals surface area (Å²) in [6.07, 6.45) is 0.207. The Labute approximate surface area is 170 Å². The molecule has 1 aromatic heterocycles. The zero-order chi connectivity index (χ0) is 20.1. The van der Waals surface area contributed by atoms with E-state index in [4.69, 9.17) is 21.1 Å². The van der Waals surface area contributed by atoms with E-state index in [1.807, 2.05) is 30.3 Å². The zero-order valence-electron chi connectivity index (χ0n) is 15.2. The third kappa shape index (κ3) is 2.73. The van der Waals surface area contributed by atoms with Gasteiger partial charge in [0.2, 0.25) is 12.7 Å². The highest BCUT2D eigenvalue weighted by molar-refractivity contribution is 6.27. The first-order valence-electron chi connectivity index (χ1n) is 9.17. The zero-order valence-corrected chi connectivity index (χ0v) is 16.0. The molecule has 8 heteroatoms. The molecule has 2 atom stereocenters. The molecule has 0 saturated carbocycles. The number of fused-ring (bicyclic) bond motifs is 4. The van der Waals surface area contributed by atoms with Crippen LogP contribution >= 0.6 is 11.6 Å². The van der Waals surface area contributed by atoms with Gasteiger partial charge < -0.3 is 24.5 Å². The third-order valence-electron chi connectivity index (χ3n) is 5.53. The minimum atomic E-state index is -1.06. The van der Waals surface area contributed by atoms with Crippen molar-refractivity contribution in [2.45, 2.75) is 18.5 Å². The van der Waals surface area contributed by atoms with Gasteiger partial charge in [0.15, 0.2) is 11.5 Å². The smallest absolute Gasteiger partial charge is 0.326 e. The van der Waals surface area contributed by atoms with Crippen LogP contribution in [0.15, 0.2) is 42.5 Å². The molecule has 2 N–H and O–H groups in total. The van der Waals surface area contributed by atoms with Gasteiger partial charge in [-0.1, -0.05) is 24.3 Å². The second-order valence-electron chi connectivity index (χ2n) is 7.07. The van der Waals surface area contributed by atoms with Crippen LogP contribution in [0.4, 0.5) is 0 Å². The quantitative estimate of drug-likeness (QED) is 0.645. The SMILES string of the molecule is O=C(O)[C@H]1Cc2c([nH]c3ccccc23)[C@@H](c2ccc3c(c2)OCO3)N1C(=O)CCl. The number of aromatic nitrogens is 1. The molecule has 3 heterocycles. The fourth-order valence-corrected chi connectivity index (χ4v) is 4.43. The lowest BCUT2D eigenvalue weighted by molar-refractivity contribution is -0.151. The molecule has 148 valence electrons. The molecule has 2 aliphatic heterocycles. The Morgan fingerprint density at radius 2 is 1.97 bits per heavy atom. The van der Waals surface area contributed by atoms with Crippen LogP contribution in [0.2, 0.25) is 0 Å². The number of halogens is 1. The number of carboxylic acids is 1. The first-order valence-corrected chi connectivity index (χ1v) is 9.71. The molecule has 0 saturated heterocycles. The molecule has 0 radical (unpaired) electrons. The summed E-state index contributed by atoms with van der Waals surface area (Å²) in [6, 6.07) is 11.5. The van der Waals surface area contributed by atoms with E-state index in [0.29, 0.717) is 11.5 Å². The molecule has 2 aromatic carbocycles. The Hall–Kier alpha value is -3.19. The number of alkyl halides is 1. The van der Waals surface area contributed by atoms with E-state index in [2.05, 4.69) is 4.98 Å². The van der Waals surface area contributed by atoms with Crippen molar-refractivity contribution in [2.24, 2.45) is 0 Å². The highest BCUT2D eigenvalue weighted by Crippen LogP contribution is 2.43. The van der Waals surface area contributed by atoms with Crippen LogP contribution in [0.5, 0.6) is 11.5 Å². The number of ether oxygens (including phenoxy) is 2. The van der Waals surface area contributed by atoms with Crippen molar-refractivity contribution in [2.75, 3.05) is 12.7 Å². The molecule has 7 nitrogen and oxygen atoms in total. The number of carbonyl (C=O) groups excluding carboxylic acids is 1. The van der Waals surface area contributed by atoms with Crippen molar-refractivity contribution in [3.05, 3.63) is 59.3 Å². The number of nitrogens with one attached hydrogen (secondary N) is 1. The maximum Gasteiger partial charge on any atom is 0.326 e. The maximum atomic E-state index is 12.8. The number of amides is 1. The normalized spacial score (nSPS) is 20.0. The lowest BCUT2D eigenvalue weighted by atomic mass is 9.88. The van der Waals surface area contributed by atoms with Gasteiger partial charge in [-0.15, -0.1) is 11.6 Å². The van der Waals surface area contributed by atoms with Crippen LogP contribution in [-0.2, 0) is 16.0 Å². The average Bonchev–Trinajstić information content (AvgIpc) is 3.35. The molecule has 3 aromatic rings. The first-order chi connectivity index (χ1) is 14.1. The summed E-state index contributed by atoms with van der Waals surface area (Å²) < 4.78 is 10.9. The monoisotopic (exact) mass is 412 g/mol. The molecule has 29 heavy (non-hydrogen) atoms. The number of rotatable bonds is 3. The van der Waals surface area contributed by atoms with E-state index in [1.165, 1.54) is 4.90 Å². The van der Waals surface area contributed by atoms with Gasteiger partial charge in [0, 0.05) is 23.0 Å². The largest absolute Gasteiger partial charge is 0.480 e. The third-order valence-corrected chi connectivity index (χ3v) is 5.76. The number of H-pyrrole nitrogens is 1. The van der Waals surface area contributed by atoms with E-state index < -0.39 is 24.0 Å². The van der Waals surface area contributed by atoms with E-state index in [9.17, 15) is 14.7 Å². The van der Waals surface area contributed by atoms with Gasteiger partial charge >= 0.3 is 5.97 Å². The lowest BCUT2D eigenvalue weighted by Crippen LogP contribution is -2.52. The van der Waals surface area contributed by atoms with E-state index in [-0.39, 0.29) is 19.1 Å². The molecule has 0 unspecified atom stereocenters. The number of para-hydroxylation sites is 1. The van der Waals surface area contributed by atoms with Crippen molar-refractivity contribution in [3.8, 4) is 11.5 Å². The van der Waals surface area contributed by atoms with Gasteiger partial charge in [-0.2, -0.15) is 0 Å². The molecular formula is C21H17ClN2O5. The Bertz CT molecular complexity index is 1140. The molecule has 0 aliphatic carbocycles. The summed E-state index contributed by atoms with van der Waals surface area (Å²) in [5.74, 6) is -0.626. The van der Waals surface area contributed by atoms with Crippen LogP contribution in [0.25, 0.3) is 10.9 Å². The first kappa shape index (κ1) is 17.9. The van der Waals surface area contributed by atoms with Gasteiger partial charge in [-0.05, 0) is 29.3 Å². The van der Waals surface area contributed by atoms with E-state index in [1.54, 1.807) is 12.1 Å². The summed E-state index contributed by atoms with van der Waals surface area (Å²) in [5, 5.41) is 10.9. The number of nitrogens with zero attached hydrogens (tertiary/aromatic N) is 1. The fraction of sp³-hybridized carbons (Fsp3) is 0.238. The minimum Gasteiger partial charge on any atom is -0.480 e. The fourth-order valence-electron chi connectivity index (χ4n) is 4.29. The van der Waals surface area contributed by atoms with Gasteiger partial charge in [0.1, 0.15) is 11.9 Å². The minimum absolute atomic E-state index is 0.128. The number of benzene rings is 2. The van der Waals surface area contributed by atoms with E-state index >= 15 is 0 Å². The molecule has 0 spiro atoms. The molecule has 0 fully saturated rings. The maximum absolute atomic E-state index is 12.8. The number of hydrogen-bond donors (Lipinski definition) is 2. The standard InChI is InChI=1S/C21H17ClN2O5/c22-9-18(25)24-15(21(26)27)8-13-12-3-1-2-4-14(12)23-19(13)20(24)11-5-6-16-17(7-11)29-10-28-16/h1-7,15,20,23H,8-10H2,(H,26,27)/t15-,20-/m1/s1. The molecule has 2 aliphatic rings. The van der Waals surface area contributed by atoms with Crippen molar-refractivity contribution >= 4 is 34.4 Å². The van der Waals surface area contributed by atoms with Crippen LogP contribution in [-0.4, -0.2) is 45.6 Å². The summed E-state index contributed by atoms with van der Waals surface area (Å²) in [6.45, 7) is 0.128. The van der Waals surface area contributed by atoms with Gasteiger partial charge in [-0.3, -0.25) is 4.79 Å². The topological polar surface area (TPSA) is 91.9 Å². The Kier molecular flexibility index (Phi) is 4.13. The molecule has 1 amide bonds. The average molecular weight is 413 g/mol. The molecule has 0 bridgehead atoms. The second kappa shape index (κ2) is 6.70. The lowest BCUT2D eigenvalue weighted by Gasteiger charge is -2.40. The highest BCUT2D eigenvalue weighted by Gasteiger charge is 2.43. The van der Waals surface area contributed by atoms with Crippen molar-refractivity contribution < 1.29 is 24.2 Å². The summed E-state index contributed by atoms with van der Waals surface area (Å²) in [5.41, 5.74) is 3.31. The van der Waals surface area contributed by atoms with Gasteiger partial charge in [0.25, 0.3) is 0 Å². The summed E-state index contributed by atoms with van der Waals surface area (Å²) in [7, 11) is 0. The van der Waals surface area contributed by atoms with Crippen LogP contribution in [0.1, 0.15) is 22.9 Å². The van der Waals surface area contributed by atoms with Crippen LogP contribution in [0, 0.1) is 0 Å². The molecule has 5 rings (SSSR count). The number of aliphatic carboxylic acids is 1. The highest BCUT2D eigenvalue weighted by atomic mass is 35.5. The van der Waals surface area contributed by atoms with Crippen LogP contribution < -0.4 is 9.47 Å². The van der Waals surface area contributed by atoms with Crippen molar-refractivity contribution in [1.29, 1.82) is 0 Å². The van der Waals surface area contributed by atoms with Crippen molar-refractivity contribution in [3.63, 3.8) is 0 Å². The predicted octanol–water partition coefficient (Wildman–Crippen LogP) is 3.06. The number of carbonyl (C=O) groups is 2. The van der Waals surface area contributed by atoms with Crippen molar-refractivity contribution in [1.82, 2.24) is 9.88 Å². The molecular weight excluding hydrogens is 396 g/mol. The summed E-state index contributed by atoms with van der Waals surface area (Å²) in [4.78, 5) is 29.7. The van der Waals surface area contributed by atoms with Gasteiger partial charge in [-0.25, -0.2) is 4.79 Å². The van der Waals surface area contributed by atoms with Crippen LogP contribution in [0.3, 0.4) is 0 Å². The number of hydrogen-bond acceptors (Lipinski definition) is 4. The van der Waals surface area contributed by atoms with E-state index in [0.717, 1.165) is 27.7 Å². The Balaban J connectivity index is 1.75.